The lowest BCUT2D eigenvalue weighted by Crippen LogP contribution is -2.29. The molecule has 0 aromatic heterocycles. The fraction of sp³-hybridized carbons (Fsp3) is 0.500. The Morgan fingerprint density at radius 1 is 1.56 bits per heavy atom. The minimum atomic E-state index is 0.112. The molecule has 1 aromatic carbocycles. The van der Waals surface area contributed by atoms with E-state index in [-0.39, 0.29) is 5.91 Å². The Morgan fingerprint density at radius 3 is 3.00 bits per heavy atom. The van der Waals surface area contributed by atoms with Gasteiger partial charge in [0.25, 0.3) is 5.91 Å². The summed E-state index contributed by atoms with van der Waals surface area (Å²) >= 11 is 3.47. The average Bonchev–Trinajstić information content (AvgIpc) is 2.77. The van der Waals surface area contributed by atoms with Crippen LogP contribution in [0.15, 0.2) is 22.7 Å². The van der Waals surface area contributed by atoms with Crippen LogP contribution < -0.4 is 0 Å². The summed E-state index contributed by atoms with van der Waals surface area (Å²) in [6, 6.07) is 5.85. The first-order valence-corrected chi connectivity index (χ1v) is 6.95. The number of hydrogen-bond acceptors (Lipinski definition) is 2. The van der Waals surface area contributed by atoms with Crippen LogP contribution in [-0.4, -0.2) is 37.6 Å². The molecule has 0 aliphatic carbocycles. The number of amides is 1. The van der Waals surface area contributed by atoms with Crippen molar-refractivity contribution in [1.82, 2.24) is 4.90 Å². The minimum absolute atomic E-state index is 0.112. The van der Waals surface area contributed by atoms with Gasteiger partial charge in [-0.05, 0) is 47.0 Å². The first-order valence-electron chi connectivity index (χ1n) is 6.16. The summed E-state index contributed by atoms with van der Waals surface area (Å²) in [7, 11) is 1.71. The summed E-state index contributed by atoms with van der Waals surface area (Å²) in [6.07, 6.45) is 1.03. The molecule has 0 spiro atoms. The number of nitrogens with zero attached hydrogens (tertiary/aromatic N) is 1. The molecule has 0 N–H and O–H groups in total. The van der Waals surface area contributed by atoms with Gasteiger partial charge < -0.3 is 9.64 Å². The zero-order valence-electron chi connectivity index (χ0n) is 10.8. The van der Waals surface area contributed by atoms with Crippen molar-refractivity contribution in [1.29, 1.82) is 0 Å². The minimum Gasteiger partial charge on any atom is -0.384 e. The fourth-order valence-electron chi connectivity index (χ4n) is 2.35. The number of methoxy groups -OCH3 is 1. The van der Waals surface area contributed by atoms with E-state index in [0.29, 0.717) is 5.92 Å². The van der Waals surface area contributed by atoms with Crippen LogP contribution in [0.3, 0.4) is 0 Å². The highest BCUT2D eigenvalue weighted by atomic mass is 79.9. The fourth-order valence-corrected chi connectivity index (χ4v) is 3.02. The van der Waals surface area contributed by atoms with Crippen molar-refractivity contribution in [2.45, 2.75) is 13.3 Å². The highest BCUT2D eigenvalue weighted by Crippen LogP contribution is 2.24. The normalized spacial score (nSPS) is 19.3. The maximum Gasteiger partial charge on any atom is 0.255 e. The number of hydrogen-bond donors (Lipinski definition) is 0. The zero-order valence-corrected chi connectivity index (χ0v) is 12.4. The molecule has 98 valence electrons. The Kier molecular flexibility index (Phi) is 4.40. The summed E-state index contributed by atoms with van der Waals surface area (Å²) in [5, 5.41) is 0. The lowest BCUT2D eigenvalue weighted by atomic mass is 10.1. The van der Waals surface area contributed by atoms with E-state index >= 15 is 0 Å². The van der Waals surface area contributed by atoms with Gasteiger partial charge in [-0.1, -0.05) is 6.07 Å². The Balaban J connectivity index is 2.08. The molecule has 0 radical (unpaired) electrons. The monoisotopic (exact) mass is 311 g/mol. The van der Waals surface area contributed by atoms with Gasteiger partial charge in [0.05, 0.1) is 12.2 Å². The maximum absolute atomic E-state index is 12.4. The van der Waals surface area contributed by atoms with Crippen LogP contribution in [0.2, 0.25) is 0 Å². The van der Waals surface area contributed by atoms with Gasteiger partial charge in [0, 0.05) is 30.6 Å². The zero-order chi connectivity index (χ0) is 13.1. The molecule has 1 amide bonds. The van der Waals surface area contributed by atoms with Gasteiger partial charge in [0.15, 0.2) is 0 Å². The second-order valence-electron chi connectivity index (χ2n) is 4.84. The lowest BCUT2D eigenvalue weighted by Gasteiger charge is -2.17. The third-order valence-electron chi connectivity index (χ3n) is 3.33. The lowest BCUT2D eigenvalue weighted by molar-refractivity contribution is 0.0774. The first-order chi connectivity index (χ1) is 8.61. The molecule has 18 heavy (non-hydrogen) atoms. The number of aryl methyl sites for hydroxylation is 1. The summed E-state index contributed by atoms with van der Waals surface area (Å²) in [5.41, 5.74) is 1.90. The number of ether oxygens (including phenoxy) is 1. The molecule has 1 fully saturated rings. The number of rotatable bonds is 3. The van der Waals surface area contributed by atoms with E-state index in [2.05, 4.69) is 15.9 Å². The van der Waals surface area contributed by atoms with Gasteiger partial charge >= 0.3 is 0 Å². The van der Waals surface area contributed by atoms with E-state index in [0.717, 1.165) is 41.7 Å². The second kappa shape index (κ2) is 5.85. The molecule has 1 unspecified atom stereocenters. The Morgan fingerprint density at radius 2 is 2.33 bits per heavy atom. The van der Waals surface area contributed by atoms with Gasteiger partial charge in [-0.2, -0.15) is 0 Å². The van der Waals surface area contributed by atoms with Crippen molar-refractivity contribution in [2.75, 3.05) is 26.8 Å². The van der Waals surface area contributed by atoms with E-state index < -0.39 is 0 Å². The van der Waals surface area contributed by atoms with Crippen LogP contribution in [0.4, 0.5) is 0 Å². The summed E-state index contributed by atoms with van der Waals surface area (Å²) in [4.78, 5) is 14.3. The molecular formula is C14H18BrNO2. The van der Waals surface area contributed by atoms with E-state index in [1.807, 2.05) is 30.0 Å². The van der Waals surface area contributed by atoms with Gasteiger partial charge in [0.2, 0.25) is 0 Å². The second-order valence-corrected chi connectivity index (χ2v) is 5.70. The van der Waals surface area contributed by atoms with Crippen LogP contribution in [0.5, 0.6) is 0 Å². The van der Waals surface area contributed by atoms with Gasteiger partial charge in [-0.3, -0.25) is 4.79 Å². The number of carbonyl (C=O) groups excluding carboxylic acids is 1. The third kappa shape index (κ3) is 2.93. The SMILES string of the molecule is COCC1CCN(C(=O)c2ccc(C)cc2Br)C1. The number of likely N-dealkylation sites (tertiary alicyclic amines) is 1. The summed E-state index contributed by atoms with van der Waals surface area (Å²) < 4.78 is 6.03. The Hall–Kier alpha value is -0.870. The van der Waals surface area contributed by atoms with Crippen LogP contribution in [0, 0.1) is 12.8 Å². The molecular weight excluding hydrogens is 294 g/mol. The molecule has 0 saturated carbocycles. The van der Waals surface area contributed by atoms with Crippen LogP contribution >= 0.6 is 15.9 Å². The number of benzene rings is 1. The average molecular weight is 312 g/mol. The van der Waals surface area contributed by atoms with E-state index in [1.54, 1.807) is 7.11 Å². The van der Waals surface area contributed by atoms with Crippen LogP contribution in [-0.2, 0) is 4.74 Å². The molecule has 1 atom stereocenters. The quantitative estimate of drug-likeness (QED) is 0.859. The van der Waals surface area contributed by atoms with E-state index in [4.69, 9.17) is 4.74 Å². The molecule has 1 aliphatic heterocycles. The van der Waals surface area contributed by atoms with Crippen molar-refractivity contribution < 1.29 is 9.53 Å². The molecule has 1 aromatic rings. The maximum atomic E-state index is 12.4. The summed E-state index contributed by atoms with van der Waals surface area (Å²) in [6.45, 7) is 4.38. The molecule has 1 saturated heterocycles. The standard InChI is InChI=1S/C14H18BrNO2/c1-10-3-4-12(13(15)7-10)14(17)16-6-5-11(8-16)9-18-2/h3-4,7,11H,5-6,8-9H2,1-2H3. The largest absolute Gasteiger partial charge is 0.384 e. The molecule has 1 heterocycles. The van der Waals surface area contributed by atoms with E-state index in [1.165, 1.54) is 0 Å². The first kappa shape index (κ1) is 13.6. The smallest absolute Gasteiger partial charge is 0.255 e. The topological polar surface area (TPSA) is 29.5 Å². The van der Waals surface area contributed by atoms with Gasteiger partial charge in [-0.15, -0.1) is 0 Å². The van der Waals surface area contributed by atoms with Crippen LogP contribution in [0.25, 0.3) is 0 Å². The Labute approximate surface area is 116 Å². The molecule has 0 bridgehead atoms. The van der Waals surface area contributed by atoms with Crippen molar-refractivity contribution in [3.05, 3.63) is 33.8 Å². The molecule has 2 rings (SSSR count). The molecule has 4 heteroatoms. The van der Waals surface area contributed by atoms with Gasteiger partial charge in [-0.25, -0.2) is 0 Å². The highest BCUT2D eigenvalue weighted by Gasteiger charge is 2.27. The number of carbonyl (C=O) groups is 1. The van der Waals surface area contributed by atoms with Crippen molar-refractivity contribution in [3.8, 4) is 0 Å². The Bertz CT molecular complexity index is 447. The predicted molar refractivity (Wildman–Crippen MR) is 74.8 cm³/mol. The predicted octanol–water partition coefficient (Wildman–Crippen LogP) is 2.87. The van der Waals surface area contributed by atoms with Crippen molar-refractivity contribution >= 4 is 21.8 Å². The van der Waals surface area contributed by atoms with Crippen LogP contribution in [0.1, 0.15) is 22.3 Å². The van der Waals surface area contributed by atoms with Gasteiger partial charge in [0.1, 0.15) is 0 Å². The molecule has 3 nitrogen and oxygen atoms in total. The third-order valence-corrected chi connectivity index (χ3v) is 3.99. The van der Waals surface area contributed by atoms with E-state index in [9.17, 15) is 4.79 Å². The van der Waals surface area contributed by atoms with Crippen molar-refractivity contribution in [2.24, 2.45) is 5.92 Å². The molecule has 1 aliphatic rings. The number of halogens is 1. The summed E-state index contributed by atoms with van der Waals surface area (Å²) in [5.74, 6) is 0.587. The van der Waals surface area contributed by atoms with Crippen molar-refractivity contribution in [3.63, 3.8) is 0 Å². The highest BCUT2D eigenvalue weighted by molar-refractivity contribution is 9.10.